The summed E-state index contributed by atoms with van der Waals surface area (Å²) in [5.41, 5.74) is 17.9. The van der Waals surface area contributed by atoms with Crippen LogP contribution in [-0.2, 0) is 0 Å². The van der Waals surface area contributed by atoms with Gasteiger partial charge >= 0.3 is 0 Å². The first kappa shape index (κ1) is 45.8. The van der Waals surface area contributed by atoms with Crippen LogP contribution in [0.3, 0.4) is 0 Å². The second-order valence-corrected chi connectivity index (χ2v) is 21.3. The first-order chi connectivity index (χ1) is 37.0. The molecule has 2 N–H and O–H groups in total. The lowest BCUT2D eigenvalue weighted by molar-refractivity contribution is 1.45. The molecule has 356 valence electrons. The molecule has 0 aliphatic rings. The predicted octanol–water partition coefficient (Wildman–Crippen LogP) is 21.4. The molecule has 0 aliphatic carbocycles. The summed E-state index contributed by atoms with van der Waals surface area (Å²) in [6.07, 6.45) is 0. The summed E-state index contributed by atoms with van der Waals surface area (Å²) in [6, 6.07) is 98.1. The van der Waals surface area contributed by atoms with Gasteiger partial charge < -0.3 is 10.6 Å². The number of rotatable bonds is 9. The second-order valence-electron chi connectivity index (χ2n) is 19.1. The molecule has 0 radical (unpaired) electrons. The molecule has 0 bridgehead atoms. The highest BCUT2D eigenvalue weighted by Gasteiger charge is 2.14. The zero-order valence-corrected chi connectivity index (χ0v) is 42.9. The normalized spacial score (nSPS) is 11.3. The highest BCUT2D eigenvalue weighted by Crippen LogP contribution is 2.43. The molecule has 0 aliphatic heterocycles. The molecule has 2 heterocycles. The summed E-state index contributed by atoms with van der Waals surface area (Å²) in [6.45, 7) is 2.11. The predicted molar refractivity (Wildman–Crippen MR) is 328 cm³/mol. The Morgan fingerprint density at radius 1 is 0.240 bits per heavy atom. The number of aryl methyl sites for hydroxylation is 1. The average molecular weight is 995 g/mol. The first-order valence-corrected chi connectivity index (χ1v) is 27.1. The molecule has 0 saturated carbocycles. The third kappa shape index (κ3) is 9.46. The SMILES string of the molecule is Cc1ccc(Nc2cccc(-c3ccc(-c4cc5c6ccccc6sc5c5ccccc45)cc3)c2)cc1.c1ccc(-c2cccc(-c3cccc(Nc4ccc(-c5ccc6sc7ccccc7c6c5)cc4)c3)c2)cc1. The minimum Gasteiger partial charge on any atom is -0.356 e. The molecule has 0 fully saturated rings. The highest BCUT2D eigenvalue weighted by molar-refractivity contribution is 7.26. The highest BCUT2D eigenvalue weighted by atomic mass is 32.1. The van der Waals surface area contributed by atoms with Crippen molar-refractivity contribution in [2.24, 2.45) is 0 Å². The number of thiophene rings is 2. The van der Waals surface area contributed by atoms with E-state index in [0.717, 1.165) is 22.7 Å². The topological polar surface area (TPSA) is 24.1 Å². The van der Waals surface area contributed by atoms with E-state index in [0.29, 0.717) is 0 Å². The van der Waals surface area contributed by atoms with E-state index in [4.69, 9.17) is 0 Å². The number of anilines is 4. The van der Waals surface area contributed by atoms with Crippen molar-refractivity contribution in [2.75, 3.05) is 10.6 Å². The van der Waals surface area contributed by atoms with Gasteiger partial charge in [0.25, 0.3) is 0 Å². The van der Waals surface area contributed by atoms with Crippen LogP contribution in [0.15, 0.2) is 273 Å². The number of fused-ring (bicyclic) bond motifs is 8. The van der Waals surface area contributed by atoms with E-state index >= 15 is 0 Å². The van der Waals surface area contributed by atoms with E-state index in [2.05, 4.69) is 291 Å². The van der Waals surface area contributed by atoms with Crippen molar-refractivity contribution in [2.45, 2.75) is 6.92 Å². The van der Waals surface area contributed by atoms with Gasteiger partial charge in [0.15, 0.2) is 0 Å². The van der Waals surface area contributed by atoms with E-state index in [-0.39, 0.29) is 0 Å². The molecular formula is C71H50N2S2. The van der Waals surface area contributed by atoms with Crippen molar-refractivity contribution in [3.05, 3.63) is 279 Å². The van der Waals surface area contributed by atoms with E-state index in [1.807, 2.05) is 22.7 Å². The molecule has 12 aromatic carbocycles. The van der Waals surface area contributed by atoms with Gasteiger partial charge in [-0.3, -0.25) is 0 Å². The standard InChI is InChI=1S/C36H25NS.C35H25NS/c1-2-8-25(9-3-1)27-10-6-11-28(22-27)29-12-7-13-32(23-29)37-31-19-16-26(17-20-31)30-18-21-36-34(24-30)33-14-4-5-15-35(33)38-36;1-23-13-19-27(20-14-23)36-28-8-6-7-26(21-28)24-15-17-25(18-16-24)32-22-33-30-10-4-5-12-34(30)37-35(33)31-11-3-2-9-29(31)32/h1-24,37H;2-22,36H,1H3. The minimum absolute atomic E-state index is 1.07. The lowest BCUT2D eigenvalue weighted by atomic mass is 9.94. The molecule has 14 rings (SSSR count). The van der Waals surface area contributed by atoms with Gasteiger partial charge in [0, 0.05) is 68.5 Å². The van der Waals surface area contributed by atoms with Crippen LogP contribution in [0.1, 0.15) is 5.56 Å². The van der Waals surface area contributed by atoms with Crippen LogP contribution >= 0.6 is 22.7 Å². The van der Waals surface area contributed by atoms with Crippen molar-refractivity contribution in [1.82, 2.24) is 0 Å². The molecule has 75 heavy (non-hydrogen) atoms. The molecule has 0 amide bonds. The molecule has 0 unspecified atom stereocenters. The summed E-state index contributed by atoms with van der Waals surface area (Å²) in [7, 11) is 0. The molecule has 2 nitrogen and oxygen atoms in total. The number of nitrogens with one attached hydrogen (secondary N) is 2. The Kier molecular flexibility index (Phi) is 12.3. The Balaban J connectivity index is 0.000000144. The van der Waals surface area contributed by atoms with Crippen molar-refractivity contribution < 1.29 is 0 Å². The van der Waals surface area contributed by atoms with Crippen LogP contribution in [-0.4, -0.2) is 0 Å². The van der Waals surface area contributed by atoms with Crippen molar-refractivity contribution in [1.29, 1.82) is 0 Å². The summed E-state index contributed by atoms with van der Waals surface area (Å²) in [5.74, 6) is 0. The molecule has 0 spiro atoms. The van der Waals surface area contributed by atoms with Crippen molar-refractivity contribution in [3.8, 4) is 55.6 Å². The summed E-state index contributed by atoms with van der Waals surface area (Å²) < 4.78 is 5.39. The van der Waals surface area contributed by atoms with Gasteiger partial charge in [0.1, 0.15) is 0 Å². The van der Waals surface area contributed by atoms with Gasteiger partial charge in [-0.05, 0) is 153 Å². The molecule has 2 aromatic heterocycles. The number of hydrogen-bond donors (Lipinski definition) is 2. The first-order valence-electron chi connectivity index (χ1n) is 25.5. The monoisotopic (exact) mass is 994 g/mol. The number of benzene rings is 12. The van der Waals surface area contributed by atoms with Crippen LogP contribution in [0.2, 0.25) is 0 Å². The van der Waals surface area contributed by atoms with Gasteiger partial charge in [-0.2, -0.15) is 0 Å². The fourth-order valence-electron chi connectivity index (χ4n) is 10.3. The summed E-state index contributed by atoms with van der Waals surface area (Å²) in [4.78, 5) is 0. The van der Waals surface area contributed by atoms with Crippen LogP contribution in [0.5, 0.6) is 0 Å². The minimum atomic E-state index is 1.07. The largest absolute Gasteiger partial charge is 0.356 e. The molecule has 4 heteroatoms. The Bertz CT molecular complexity index is 4340. The Morgan fingerprint density at radius 3 is 1.33 bits per heavy atom. The molecule has 0 saturated heterocycles. The van der Waals surface area contributed by atoms with Gasteiger partial charge in [0.2, 0.25) is 0 Å². The van der Waals surface area contributed by atoms with Crippen LogP contribution < -0.4 is 10.6 Å². The van der Waals surface area contributed by atoms with E-state index < -0.39 is 0 Å². The van der Waals surface area contributed by atoms with E-state index in [9.17, 15) is 0 Å². The Labute approximate surface area is 445 Å². The van der Waals surface area contributed by atoms with Crippen molar-refractivity contribution >= 4 is 96.5 Å². The maximum absolute atomic E-state index is 3.59. The quantitative estimate of drug-likeness (QED) is 0.151. The fourth-order valence-corrected chi connectivity index (χ4v) is 12.6. The summed E-state index contributed by atoms with van der Waals surface area (Å²) in [5, 5.41) is 15.1. The number of hydrogen-bond acceptors (Lipinski definition) is 4. The molecule has 0 atom stereocenters. The second kappa shape index (κ2) is 20.1. The Morgan fingerprint density at radius 2 is 0.667 bits per heavy atom. The van der Waals surface area contributed by atoms with Crippen LogP contribution in [0.4, 0.5) is 22.7 Å². The van der Waals surface area contributed by atoms with E-state index in [1.54, 1.807) is 0 Å². The zero-order chi connectivity index (χ0) is 50.1. The lowest BCUT2D eigenvalue weighted by Crippen LogP contribution is -1.91. The van der Waals surface area contributed by atoms with Crippen LogP contribution in [0.25, 0.3) is 107 Å². The third-order valence-electron chi connectivity index (χ3n) is 14.2. The maximum Gasteiger partial charge on any atom is 0.0434 e. The lowest BCUT2D eigenvalue weighted by Gasteiger charge is -2.11. The van der Waals surface area contributed by atoms with Gasteiger partial charge in [-0.1, -0.05) is 194 Å². The zero-order valence-electron chi connectivity index (χ0n) is 41.3. The Hall–Kier alpha value is -9.06. The average Bonchev–Trinajstić information content (AvgIpc) is 4.06. The van der Waals surface area contributed by atoms with Gasteiger partial charge in [0.05, 0.1) is 0 Å². The van der Waals surface area contributed by atoms with Gasteiger partial charge in [-0.15, -0.1) is 22.7 Å². The summed E-state index contributed by atoms with van der Waals surface area (Å²) >= 11 is 3.75. The van der Waals surface area contributed by atoms with Crippen LogP contribution in [0, 0.1) is 6.92 Å². The van der Waals surface area contributed by atoms with E-state index in [1.165, 1.54) is 112 Å². The smallest absolute Gasteiger partial charge is 0.0434 e. The maximum atomic E-state index is 3.59. The molecular weight excluding hydrogens is 945 g/mol. The van der Waals surface area contributed by atoms with Crippen molar-refractivity contribution in [3.63, 3.8) is 0 Å². The molecule has 14 aromatic rings. The van der Waals surface area contributed by atoms with Gasteiger partial charge in [-0.25, -0.2) is 0 Å². The third-order valence-corrected chi connectivity index (χ3v) is 16.5. The fraction of sp³-hybridized carbons (Fsp3) is 0.0141.